The summed E-state index contributed by atoms with van der Waals surface area (Å²) in [6, 6.07) is 1.64. The van der Waals surface area contributed by atoms with Crippen molar-refractivity contribution in [3.63, 3.8) is 0 Å². The summed E-state index contributed by atoms with van der Waals surface area (Å²) in [5.41, 5.74) is 5.01. The van der Waals surface area contributed by atoms with Gasteiger partial charge in [0, 0.05) is 16.6 Å². The quantitative estimate of drug-likeness (QED) is 0.847. The summed E-state index contributed by atoms with van der Waals surface area (Å²) < 4.78 is 5.64. The van der Waals surface area contributed by atoms with E-state index in [2.05, 4.69) is 26.2 Å². The summed E-state index contributed by atoms with van der Waals surface area (Å²) in [5.74, 6) is 0.0584. The van der Waals surface area contributed by atoms with Crippen molar-refractivity contribution in [3.8, 4) is 0 Å². The first kappa shape index (κ1) is 16.0. The highest BCUT2D eigenvalue weighted by molar-refractivity contribution is 9.10. The number of halogens is 2. The van der Waals surface area contributed by atoms with Crippen LogP contribution in [0.2, 0.25) is 5.02 Å². The van der Waals surface area contributed by atoms with Crippen LogP contribution in [0.1, 0.15) is 25.7 Å². The fraction of sp³-hybridized carbons (Fsp3) is 0.462. The van der Waals surface area contributed by atoms with Gasteiger partial charge in [-0.05, 0) is 47.7 Å². The second kappa shape index (κ2) is 7.09. The molecule has 1 aromatic rings. The van der Waals surface area contributed by atoms with Crippen LogP contribution >= 0.6 is 27.5 Å². The molecule has 1 aliphatic rings. The normalized spacial score (nSPS) is 21.6. The third kappa shape index (κ3) is 4.57. The Morgan fingerprint density at radius 3 is 2.90 bits per heavy atom. The van der Waals surface area contributed by atoms with Gasteiger partial charge < -0.3 is 15.8 Å². The molecule has 1 aromatic heterocycles. The molecular formula is C13H15BrClN3O3. The second-order valence-electron chi connectivity index (χ2n) is 4.90. The van der Waals surface area contributed by atoms with Gasteiger partial charge in [0.15, 0.2) is 0 Å². The predicted octanol–water partition coefficient (Wildman–Crippen LogP) is 3.09. The van der Waals surface area contributed by atoms with Crippen molar-refractivity contribution in [2.24, 2.45) is 11.7 Å². The van der Waals surface area contributed by atoms with Crippen LogP contribution in [-0.2, 0) is 9.53 Å². The first-order chi connectivity index (χ1) is 9.95. The van der Waals surface area contributed by atoms with Gasteiger partial charge in [-0.2, -0.15) is 0 Å². The summed E-state index contributed by atoms with van der Waals surface area (Å²) in [4.78, 5) is 27.0. The van der Waals surface area contributed by atoms with Crippen LogP contribution < -0.4 is 11.1 Å². The summed E-state index contributed by atoms with van der Waals surface area (Å²) in [6.07, 6.45) is 3.14. The maximum atomic E-state index is 12.2. The number of carbonyl (C=O) groups excluding carboxylic acids is 2. The standard InChI is InChI=1S/C13H15BrClN3O3/c14-9-5-11(17-6-10(9)15)18-12(19)7-2-1-3-8(4-7)21-13(16)20/h5-8H,1-4H2,(H2,16,20)(H,17,18,19)/t7-,8+/m0/s1. The van der Waals surface area contributed by atoms with Gasteiger partial charge in [0.25, 0.3) is 0 Å². The lowest BCUT2D eigenvalue weighted by molar-refractivity contribution is -0.122. The van der Waals surface area contributed by atoms with Crippen LogP contribution in [0.4, 0.5) is 10.6 Å². The zero-order valence-corrected chi connectivity index (χ0v) is 13.5. The number of amides is 2. The summed E-state index contributed by atoms with van der Waals surface area (Å²) in [5, 5.41) is 3.22. The van der Waals surface area contributed by atoms with Gasteiger partial charge in [-0.3, -0.25) is 4.79 Å². The summed E-state index contributed by atoms with van der Waals surface area (Å²) in [6.45, 7) is 0. The molecule has 0 aliphatic heterocycles. The monoisotopic (exact) mass is 375 g/mol. The van der Waals surface area contributed by atoms with E-state index < -0.39 is 6.09 Å². The Hall–Kier alpha value is -1.34. The molecule has 1 heterocycles. The Balaban J connectivity index is 1.96. The molecule has 6 nitrogen and oxygen atoms in total. The van der Waals surface area contributed by atoms with Crippen LogP contribution in [0.15, 0.2) is 16.7 Å². The highest BCUT2D eigenvalue weighted by Crippen LogP contribution is 2.28. The van der Waals surface area contributed by atoms with E-state index in [1.54, 1.807) is 6.07 Å². The van der Waals surface area contributed by atoms with Crippen LogP contribution in [0.25, 0.3) is 0 Å². The maximum absolute atomic E-state index is 12.2. The number of anilines is 1. The number of nitrogens with two attached hydrogens (primary N) is 1. The molecule has 0 aromatic carbocycles. The number of hydrogen-bond donors (Lipinski definition) is 2. The Kier molecular flexibility index (Phi) is 5.41. The number of nitrogens with zero attached hydrogens (tertiary/aromatic N) is 1. The van der Waals surface area contributed by atoms with Gasteiger partial charge in [0.05, 0.1) is 5.02 Å². The Bertz CT molecular complexity index is 555. The zero-order valence-electron chi connectivity index (χ0n) is 11.1. The lowest BCUT2D eigenvalue weighted by Gasteiger charge is -2.27. The van der Waals surface area contributed by atoms with Crippen LogP contribution in [-0.4, -0.2) is 23.1 Å². The van der Waals surface area contributed by atoms with E-state index in [4.69, 9.17) is 22.1 Å². The van der Waals surface area contributed by atoms with E-state index in [0.717, 1.165) is 19.3 Å². The molecule has 2 amide bonds. The Labute approximate surface area is 135 Å². The number of aromatic nitrogens is 1. The summed E-state index contributed by atoms with van der Waals surface area (Å²) in [7, 11) is 0. The van der Waals surface area contributed by atoms with E-state index in [9.17, 15) is 9.59 Å². The molecule has 2 rings (SSSR count). The number of carbonyl (C=O) groups is 2. The minimum atomic E-state index is -0.802. The molecular weight excluding hydrogens is 362 g/mol. The number of primary amides is 1. The number of pyridine rings is 1. The lowest BCUT2D eigenvalue weighted by Crippen LogP contribution is -2.33. The Morgan fingerprint density at radius 2 is 2.24 bits per heavy atom. The van der Waals surface area contributed by atoms with Crippen molar-refractivity contribution in [3.05, 3.63) is 21.8 Å². The molecule has 8 heteroatoms. The van der Waals surface area contributed by atoms with Gasteiger partial charge >= 0.3 is 6.09 Å². The molecule has 2 atom stereocenters. The average molecular weight is 377 g/mol. The maximum Gasteiger partial charge on any atom is 0.404 e. The Morgan fingerprint density at radius 1 is 1.48 bits per heavy atom. The van der Waals surface area contributed by atoms with Crippen molar-refractivity contribution in [1.29, 1.82) is 0 Å². The number of rotatable bonds is 3. The van der Waals surface area contributed by atoms with Crippen LogP contribution in [0.5, 0.6) is 0 Å². The van der Waals surface area contributed by atoms with Crippen molar-refractivity contribution in [2.45, 2.75) is 31.8 Å². The van der Waals surface area contributed by atoms with Crippen molar-refractivity contribution >= 4 is 45.3 Å². The smallest absolute Gasteiger partial charge is 0.404 e. The number of ether oxygens (including phenoxy) is 1. The minimum absolute atomic E-state index is 0.144. The summed E-state index contributed by atoms with van der Waals surface area (Å²) >= 11 is 9.13. The molecule has 0 bridgehead atoms. The largest absolute Gasteiger partial charge is 0.446 e. The molecule has 0 radical (unpaired) electrons. The highest BCUT2D eigenvalue weighted by atomic mass is 79.9. The van der Waals surface area contributed by atoms with Gasteiger partial charge in [-0.1, -0.05) is 11.6 Å². The molecule has 1 saturated carbocycles. The van der Waals surface area contributed by atoms with E-state index in [1.165, 1.54) is 6.20 Å². The van der Waals surface area contributed by atoms with E-state index in [0.29, 0.717) is 21.7 Å². The zero-order chi connectivity index (χ0) is 15.4. The SMILES string of the molecule is NC(=O)O[C@@H]1CCC[C@H](C(=O)Nc2cc(Br)c(Cl)cn2)C1. The molecule has 0 unspecified atom stereocenters. The molecule has 3 N–H and O–H groups in total. The van der Waals surface area contributed by atoms with Crippen molar-refractivity contribution in [2.75, 3.05) is 5.32 Å². The van der Waals surface area contributed by atoms with Crippen molar-refractivity contribution < 1.29 is 14.3 Å². The second-order valence-corrected chi connectivity index (χ2v) is 6.16. The lowest BCUT2D eigenvalue weighted by atomic mass is 9.86. The molecule has 1 fully saturated rings. The molecule has 1 aliphatic carbocycles. The van der Waals surface area contributed by atoms with Crippen LogP contribution in [0.3, 0.4) is 0 Å². The third-order valence-corrected chi connectivity index (χ3v) is 4.53. The average Bonchev–Trinajstić information content (AvgIpc) is 2.42. The van der Waals surface area contributed by atoms with Gasteiger partial charge in [0.1, 0.15) is 11.9 Å². The molecule has 0 saturated heterocycles. The third-order valence-electron chi connectivity index (χ3n) is 3.34. The molecule has 114 valence electrons. The minimum Gasteiger partial charge on any atom is -0.446 e. The topological polar surface area (TPSA) is 94.3 Å². The number of hydrogen-bond acceptors (Lipinski definition) is 4. The van der Waals surface area contributed by atoms with E-state index in [1.807, 2.05) is 0 Å². The van der Waals surface area contributed by atoms with E-state index >= 15 is 0 Å². The number of nitrogens with one attached hydrogen (secondary N) is 1. The highest BCUT2D eigenvalue weighted by Gasteiger charge is 2.29. The van der Waals surface area contributed by atoms with Crippen LogP contribution in [0, 0.1) is 5.92 Å². The van der Waals surface area contributed by atoms with E-state index in [-0.39, 0.29) is 17.9 Å². The first-order valence-corrected chi connectivity index (χ1v) is 7.71. The predicted molar refractivity (Wildman–Crippen MR) is 82.0 cm³/mol. The fourth-order valence-corrected chi connectivity index (χ4v) is 2.79. The molecule has 0 spiro atoms. The van der Waals surface area contributed by atoms with Gasteiger partial charge in [-0.25, -0.2) is 9.78 Å². The van der Waals surface area contributed by atoms with Crippen molar-refractivity contribution in [1.82, 2.24) is 4.98 Å². The van der Waals surface area contributed by atoms with Gasteiger partial charge in [0.2, 0.25) is 5.91 Å². The first-order valence-electron chi connectivity index (χ1n) is 6.53. The molecule has 21 heavy (non-hydrogen) atoms. The fourth-order valence-electron chi connectivity index (χ4n) is 2.37. The van der Waals surface area contributed by atoms with Gasteiger partial charge in [-0.15, -0.1) is 0 Å².